The molecular formula is C22H30BF5N2O4. The van der Waals surface area contributed by atoms with E-state index in [9.17, 15) is 22.7 Å². The molecule has 0 radical (unpaired) electrons. The van der Waals surface area contributed by atoms with Crippen LogP contribution in [0.25, 0.3) is 5.57 Å². The number of nitrogens with zero attached hydrogens (tertiary/aromatic N) is 1. The van der Waals surface area contributed by atoms with Gasteiger partial charge in [-0.3, -0.25) is 4.99 Å². The highest BCUT2D eigenvalue weighted by Gasteiger charge is 2.52. The number of alkyl halides is 3. The van der Waals surface area contributed by atoms with E-state index in [1.807, 2.05) is 0 Å². The van der Waals surface area contributed by atoms with E-state index in [1.165, 1.54) is 13.8 Å². The van der Waals surface area contributed by atoms with Gasteiger partial charge in [-0.25, -0.2) is 8.78 Å². The maximum atomic E-state index is 15.0. The van der Waals surface area contributed by atoms with E-state index in [0.29, 0.717) is 0 Å². The standard InChI is InChI=1S/C22H30BF5N2O4/c1-19(2)20(3,4)34-23(33-19)15-9-8-13(16(24)17(15)25)14(18(29)22(26,27)28)12-30-10-7-11-32-21(5,6)31/h8-9,12,31H,7,10-11,29H2,1-6H3/b18-14+,30-12?. The first-order valence-corrected chi connectivity index (χ1v) is 10.6. The molecule has 12 heteroatoms. The largest absolute Gasteiger partial charge is 0.497 e. The highest BCUT2D eigenvalue weighted by atomic mass is 19.4. The SMILES string of the molecule is CC(C)(O)OCCCN=C/C(=C(\N)C(F)(F)F)c1ccc(B2OC(C)(C)C(C)(C)O2)c(F)c1F. The molecule has 0 aliphatic carbocycles. The maximum absolute atomic E-state index is 15.0. The van der Waals surface area contributed by atoms with Crippen LogP contribution in [0.3, 0.4) is 0 Å². The van der Waals surface area contributed by atoms with E-state index in [-0.39, 0.29) is 25.0 Å². The Balaban J connectivity index is 2.36. The minimum absolute atomic E-state index is 0.000815. The first kappa shape index (κ1) is 28.2. The molecule has 190 valence electrons. The molecule has 0 spiro atoms. The second-order valence-corrected chi connectivity index (χ2v) is 9.43. The van der Waals surface area contributed by atoms with Gasteiger partial charge in [0, 0.05) is 29.4 Å². The summed E-state index contributed by atoms with van der Waals surface area (Å²) in [4.78, 5) is 3.85. The normalized spacial score (nSPS) is 19.1. The number of hydrogen-bond donors (Lipinski definition) is 2. The molecule has 0 unspecified atom stereocenters. The predicted octanol–water partition coefficient (Wildman–Crippen LogP) is 3.70. The number of hydrogen-bond acceptors (Lipinski definition) is 6. The van der Waals surface area contributed by atoms with Crippen molar-refractivity contribution in [3.63, 3.8) is 0 Å². The van der Waals surface area contributed by atoms with Crippen molar-refractivity contribution in [3.8, 4) is 0 Å². The van der Waals surface area contributed by atoms with Crippen LogP contribution in [-0.2, 0) is 14.0 Å². The minimum atomic E-state index is -5.00. The van der Waals surface area contributed by atoms with E-state index in [4.69, 9.17) is 19.8 Å². The van der Waals surface area contributed by atoms with Gasteiger partial charge in [0.25, 0.3) is 0 Å². The van der Waals surface area contributed by atoms with Crippen molar-refractivity contribution < 1.29 is 41.1 Å². The molecule has 0 saturated carbocycles. The lowest BCUT2D eigenvalue weighted by atomic mass is 9.77. The zero-order valence-corrected chi connectivity index (χ0v) is 20.0. The van der Waals surface area contributed by atoms with Crippen molar-refractivity contribution in [3.05, 3.63) is 35.0 Å². The molecule has 1 aromatic rings. The third kappa shape index (κ3) is 6.56. The molecule has 0 atom stereocenters. The monoisotopic (exact) mass is 492 g/mol. The minimum Gasteiger partial charge on any atom is -0.399 e. The van der Waals surface area contributed by atoms with Gasteiger partial charge < -0.3 is 24.9 Å². The van der Waals surface area contributed by atoms with Crippen LogP contribution in [-0.4, -0.2) is 54.8 Å². The smallest absolute Gasteiger partial charge is 0.399 e. The summed E-state index contributed by atoms with van der Waals surface area (Å²) in [5.41, 5.74) is 0.166. The Kier molecular flexibility index (Phi) is 8.24. The zero-order valence-electron chi connectivity index (χ0n) is 20.0. The quantitative estimate of drug-likeness (QED) is 0.190. The fourth-order valence-corrected chi connectivity index (χ4v) is 2.99. The number of ether oxygens (including phenoxy) is 1. The summed E-state index contributed by atoms with van der Waals surface area (Å²) in [6.07, 6.45) is -3.99. The lowest BCUT2D eigenvalue weighted by Gasteiger charge is -2.32. The van der Waals surface area contributed by atoms with Crippen LogP contribution in [0.15, 0.2) is 22.8 Å². The molecule has 0 amide bonds. The maximum Gasteiger partial charge on any atom is 0.497 e. The molecular weight excluding hydrogens is 462 g/mol. The van der Waals surface area contributed by atoms with Gasteiger partial charge in [0.05, 0.1) is 17.8 Å². The van der Waals surface area contributed by atoms with Gasteiger partial charge in [-0.1, -0.05) is 12.1 Å². The van der Waals surface area contributed by atoms with Crippen molar-refractivity contribution in [2.45, 2.75) is 71.1 Å². The van der Waals surface area contributed by atoms with E-state index >= 15 is 4.39 Å². The van der Waals surface area contributed by atoms with Crippen molar-refractivity contribution in [2.24, 2.45) is 10.7 Å². The molecule has 0 bridgehead atoms. The summed E-state index contributed by atoms with van der Waals surface area (Å²) >= 11 is 0. The Bertz CT molecular complexity index is 940. The Labute approximate surface area is 196 Å². The Morgan fingerprint density at radius 1 is 1.12 bits per heavy atom. The van der Waals surface area contributed by atoms with Crippen LogP contribution in [0.4, 0.5) is 22.0 Å². The van der Waals surface area contributed by atoms with Gasteiger partial charge >= 0.3 is 13.3 Å². The second-order valence-electron chi connectivity index (χ2n) is 9.43. The molecule has 3 N–H and O–H groups in total. The van der Waals surface area contributed by atoms with Gasteiger partial charge in [-0.15, -0.1) is 0 Å². The fraction of sp³-hybridized carbons (Fsp3) is 0.591. The van der Waals surface area contributed by atoms with Crippen molar-refractivity contribution in [1.29, 1.82) is 0 Å². The Hall–Kier alpha value is -2.02. The van der Waals surface area contributed by atoms with Crippen molar-refractivity contribution >= 4 is 24.4 Å². The van der Waals surface area contributed by atoms with Gasteiger partial charge in [0.15, 0.2) is 17.4 Å². The van der Waals surface area contributed by atoms with Gasteiger partial charge in [-0.05, 0) is 48.0 Å². The molecule has 1 aromatic carbocycles. The second kappa shape index (κ2) is 9.92. The van der Waals surface area contributed by atoms with E-state index in [0.717, 1.165) is 18.3 Å². The van der Waals surface area contributed by atoms with Crippen LogP contribution in [0.5, 0.6) is 0 Å². The Morgan fingerprint density at radius 2 is 1.68 bits per heavy atom. The first-order valence-electron chi connectivity index (χ1n) is 10.6. The lowest BCUT2D eigenvalue weighted by molar-refractivity contribution is -0.175. The molecule has 1 fully saturated rings. The molecule has 1 saturated heterocycles. The average Bonchev–Trinajstić information content (AvgIpc) is 2.89. The van der Waals surface area contributed by atoms with E-state index in [2.05, 4.69) is 4.99 Å². The predicted molar refractivity (Wildman–Crippen MR) is 119 cm³/mol. The average molecular weight is 492 g/mol. The lowest BCUT2D eigenvalue weighted by Crippen LogP contribution is -2.41. The fourth-order valence-electron chi connectivity index (χ4n) is 2.99. The van der Waals surface area contributed by atoms with Gasteiger partial charge in [0.1, 0.15) is 5.70 Å². The van der Waals surface area contributed by atoms with Gasteiger partial charge in [-0.2, -0.15) is 13.2 Å². The van der Waals surface area contributed by atoms with E-state index < -0.39 is 58.8 Å². The summed E-state index contributed by atoms with van der Waals surface area (Å²) in [6.45, 7) is 9.83. The topological polar surface area (TPSA) is 86.3 Å². The summed E-state index contributed by atoms with van der Waals surface area (Å²) in [5.74, 6) is -4.31. The highest BCUT2D eigenvalue weighted by molar-refractivity contribution is 6.62. The van der Waals surface area contributed by atoms with E-state index in [1.54, 1.807) is 27.7 Å². The number of rotatable bonds is 8. The van der Waals surface area contributed by atoms with Crippen molar-refractivity contribution in [2.75, 3.05) is 13.2 Å². The molecule has 1 aliphatic rings. The summed E-state index contributed by atoms with van der Waals surface area (Å²) in [5, 5.41) is 9.48. The summed E-state index contributed by atoms with van der Waals surface area (Å²) in [7, 11) is -1.25. The summed E-state index contributed by atoms with van der Waals surface area (Å²) in [6, 6.07) is 2.08. The third-order valence-electron chi connectivity index (χ3n) is 5.61. The van der Waals surface area contributed by atoms with Crippen LogP contribution in [0.2, 0.25) is 0 Å². The third-order valence-corrected chi connectivity index (χ3v) is 5.61. The van der Waals surface area contributed by atoms with Crippen LogP contribution < -0.4 is 11.2 Å². The molecule has 2 rings (SSSR count). The highest BCUT2D eigenvalue weighted by Crippen LogP contribution is 2.37. The number of aliphatic hydroxyl groups is 1. The number of allylic oxidation sites excluding steroid dienone is 2. The first-order chi connectivity index (χ1) is 15.4. The molecule has 1 heterocycles. The van der Waals surface area contributed by atoms with Crippen LogP contribution >= 0.6 is 0 Å². The number of halogens is 5. The molecule has 1 aliphatic heterocycles. The summed E-state index contributed by atoms with van der Waals surface area (Å²) < 4.78 is 86.5. The number of benzene rings is 1. The Morgan fingerprint density at radius 3 is 2.18 bits per heavy atom. The zero-order chi connectivity index (χ0) is 26.1. The number of nitrogens with two attached hydrogens (primary N) is 1. The van der Waals surface area contributed by atoms with Crippen LogP contribution in [0.1, 0.15) is 53.5 Å². The molecule has 0 aromatic heterocycles. The van der Waals surface area contributed by atoms with Gasteiger partial charge in [0.2, 0.25) is 0 Å². The molecule has 34 heavy (non-hydrogen) atoms. The van der Waals surface area contributed by atoms with Crippen LogP contribution in [0, 0.1) is 11.6 Å². The van der Waals surface area contributed by atoms with Crippen molar-refractivity contribution in [1.82, 2.24) is 0 Å². The molecule has 6 nitrogen and oxygen atoms in total. The number of aliphatic imine (C=N–C) groups is 1.